The van der Waals surface area contributed by atoms with Gasteiger partial charge in [0, 0.05) is 6.92 Å². The van der Waals surface area contributed by atoms with Crippen LogP contribution in [0.4, 0.5) is 0 Å². The van der Waals surface area contributed by atoms with E-state index in [1.165, 1.54) is 6.92 Å². The Balaban J connectivity index is -0.0000000383. The number of hydrogen-bond acceptors (Lipinski definition) is 2. The van der Waals surface area contributed by atoms with E-state index in [1.54, 1.807) is 0 Å². The van der Waals surface area contributed by atoms with Crippen molar-refractivity contribution < 1.29 is 62.1 Å². The van der Waals surface area contributed by atoms with Crippen LogP contribution in [0.3, 0.4) is 0 Å². The molecule has 56 valence electrons. The smallest absolute Gasteiger partial charge is 1.00 e. The monoisotopic (exact) mass is 264 g/mol. The molecular formula is C2H6AlCl3KO2P. The Labute approximate surface area is 123 Å². The predicted molar refractivity (Wildman–Crippen MR) is 45.9 cm³/mol. The van der Waals surface area contributed by atoms with E-state index >= 15 is 0 Å². The Morgan fingerprint density at radius 1 is 1.60 bits per heavy atom. The Hall–Kier alpha value is 2.94. The summed E-state index contributed by atoms with van der Waals surface area (Å²) in [5, 5.41) is 0. The number of carbonyl (C=O) groups excluding carboxylic acids is 1. The molecule has 0 N–H and O–H groups in total. The van der Waals surface area contributed by atoms with Crippen LogP contribution in [-0.2, 0) is 9.32 Å². The summed E-state index contributed by atoms with van der Waals surface area (Å²) < 4.78 is 4.03. The second-order valence-corrected chi connectivity index (χ2v) is 7.53. The molecule has 0 fully saturated rings. The molecule has 0 aliphatic carbocycles. The summed E-state index contributed by atoms with van der Waals surface area (Å²) in [5.74, 6) is -0.282. The maximum absolute atomic E-state index is 9.57. The minimum atomic E-state index is -1.72. The SMILES string of the molecule is CC(=O)OP.[Cl][Al]([Cl])[Cl].[H-].[K+]. The van der Waals surface area contributed by atoms with Gasteiger partial charge >= 0.3 is 68.7 Å². The molecule has 8 heteroatoms. The van der Waals surface area contributed by atoms with Gasteiger partial charge < -0.3 is 5.95 Å². The normalized spacial score (nSPS) is 6.10. The van der Waals surface area contributed by atoms with Gasteiger partial charge in [-0.3, -0.25) is 4.79 Å². The average Bonchev–Trinajstić information content (AvgIpc) is 1.65. The fourth-order valence-corrected chi connectivity index (χ4v) is 0. The van der Waals surface area contributed by atoms with Crippen molar-refractivity contribution in [2.24, 2.45) is 0 Å². The fraction of sp³-hybridized carbons (Fsp3) is 0.500. The zero-order valence-electron chi connectivity index (χ0n) is 6.61. The Morgan fingerprint density at radius 3 is 1.70 bits per heavy atom. The van der Waals surface area contributed by atoms with Crippen molar-refractivity contribution >= 4 is 57.0 Å². The van der Waals surface area contributed by atoms with E-state index in [0.29, 0.717) is 0 Å². The van der Waals surface area contributed by atoms with Gasteiger partial charge in [-0.2, -0.15) is 0 Å². The molecular weight excluding hydrogens is 259 g/mol. The van der Waals surface area contributed by atoms with Crippen LogP contribution in [0.25, 0.3) is 0 Å². The van der Waals surface area contributed by atoms with Crippen molar-refractivity contribution in [3.8, 4) is 0 Å². The van der Waals surface area contributed by atoms with Gasteiger partial charge in [0.25, 0.3) is 0 Å². The van der Waals surface area contributed by atoms with Crippen molar-refractivity contribution in [2.45, 2.75) is 6.92 Å². The zero-order chi connectivity index (χ0) is 7.86. The molecule has 0 saturated carbocycles. The molecule has 0 aliphatic heterocycles. The van der Waals surface area contributed by atoms with Crippen LogP contribution < -0.4 is 51.4 Å². The summed E-state index contributed by atoms with van der Waals surface area (Å²) >= 11 is -1.72. The van der Waals surface area contributed by atoms with Crippen LogP contribution in [0.2, 0.25) is 0 Å². The third-order valence-corrected chi connectivity index (χ3v) is 0.498. The van der Waals surface area contributed by atoms with Gasteiger partial charge in [-0.05, 0) is 0 Å². The van der Waals surface area contributed by atoms with Crippen molar-refractivity contribution in [1.82, 2.24) is 0 Å². The molecule has 0 spiro atoms. The fourth-order valence-electron chi connectivity index (χ4n) is 0. The first-order chi connectivity index (χ1) is 4.00. The van der Waals surface area contributed by atoms with E-state index in [0.717, 1.165) is 0 Å². The third kappa shape index (κ3) is 44.3. The second kappa shape index (κ2) is 14.5. The van der Waals surface area contributed by atoms with E-state index in [1.807, 2.05) is 9.47 Å². The van der Waals surface area contributed by atoms with Crippen molar-refractivity contribution in [3.63, 3.8) is 0 Å². The van der Waals surface area contributed by atoms with E-state index in [9.17, 15) is 4.79 Å². The molecule has 0 saturated heterocycles. The van der Waals surface area contributed by atoms with Gasteiger partial charge in [-0.1, -0.05) is 0 Å². The maximum Gasteiger partial charge on any atom is 1.00 e. The van der Waals surface area contributed by atoms with E-state index in [2.05, 4.69) is 4.52 Å². The van der Waals surface area contributed by atoms with E-state index in [-0.39, 0.29) is 58.8 Å². The molecule has 0 aromatic carbocycles. The van der Waals surface area contributed by atoms with Crippen LogP contribution in [0, 0.1) is 0 Å². The Morgan fingerprint density at radius 2 is 1.70 bits per heavy atom. The molecule has 0 rings (SSSR count). The first-order valence-electron chi connectivity index (χ1n) is 1.80. The quantitative estimate of drug-likeness (QED) is 0.421. The zero-order valence-corrected chi connectivity index (χ0v) is 13.3. The average molecular weight is 265 g/mol. The van der Waals surface area contributed by atoms with E-state index in [4.69, 9.17) is 30.1 Å². The summed E-state index contributed by atoms with van der Waals surface area (Å²) in [7, 11) is 16.7. The largest absolute Gasteiger partial charge is 1.00 e. The van der Waals surface area contributed by atoms with Gasteiger partial charge in [-0.25, -0.2) is 30.1 Å². The van der Waals surface area contributed by atoms with E-state index < -0.39 is 11.4 Å². The molecule has 0 radical (unpaired) electrons. The van der Waals surface area contributed by atoms with Gasteiger partial charge in [0.1, 0.15) is 0 Å². The van der Waals surface area contributed by atoms with Crippen LogP contribution in [-0.4, -0.2) is 17.4 Å². The molecule has 1 atom stereocenters. The van der Waals surface area contributed by atoms with Crippen LogP contribution in [0.5, 0.6) is 0 Å². The molecule has 0 aromatic heterocycles. The molecule has 1 unspecified atom stereocenters. The summed E-state index contributed by atoms with van der Waals surface area (Å²) in [6, 6.07) is 0. The second-order valence-electron chi connectivity index (χ2n) is 0.857. The van der Waals surface area contributed by atoms with Gasteiger partial charge in [0.2, 0.25) is 0 Å². The number of rotatable bonds is 0. The molecule has 0 heterocycles. The summed E-state index contributed by atoms with van der Waals surface area (Å²) in [6.45, 7) is 1.34. The molecule has 0 aromatic rings. The molecule has 2 nitrogen and oxygen atoms in total. The maximum atomic E-state index is 9.57. The standard InChI is InChI=1S/C2H5O2P.Al.3ClH.K.H/c1-2(3)4-5;;;;;;/h5H2,1H3;;3*1H;;/q;+3;;;;+1;-1/p-3. The number of carbonyl (C=O) groups is 1. The predicted octanol–water partition coefficient (Wildman–Crippen LogP) is -0.856. The Bertz CT molecular complexity index is 87.0. The first kappa shape index (κ1) is 18.7. The summed E-state index contributed by atoms with van der Waals surface area (Å²) in [5.41, 5.74) is 0. The molecule has 0 aliphatic rings. The van der Waals surface area contributed by atoms with Gasteiger partial charge in [0.05, 0.1) is 9.47 Å². The number of hydrogen-bond donors (Lipinski definition) is 0. The van der Waals surface area contributed by atoms with Crippen LogP contribution >= 0.6 is 39.6 Å². The van der Waals surface area contributed by atoms with Gasteiger partial charge in [-0.15, -0.1) is 0 Å². The van der Waals surface area contributed by atoms with Crippen LogP contribution in [0.1, 0.15) is 8.35 Å². The third-order valence-electron chi connectivity index (χ3n) is 0.166. The number of halogens is 3. The van der Waals surface area contributed by atoms with Crippen molar-refractivity contribution in [1.29, 1.82) is 0 Å². The molecule has 0 amide bonds. The van der Waals surface area contributed by atoms with Gasteiger partial charge in [0.15, 0.2) is 0 Å². The first-order valence-corrected chi connectivity index (χ1v) is 7.51. The minimum absolute atomic E-state index is 0. The van der Waals surface area contributed by atoms with Crippen LogP contribution in [0.15, 0.2) is 0 Å². The summed E-state index contributed by atoms with van der Waals surface area (Å²) in [6.07, 6.45) is 0. The molecule has 0 bridgehead atoms. The minimum Gasteiger partial charge on any atom is -1.00 e. The molecule has 10 heavy (non-hydrogen) atoms. The van der Waals surface area contributed by atoms with Crippen molar-refractivity contribution in [2.75, 3.05) is 0 Å². The Kier molecular flexibility index (Phi) is 27.0. The summed E-state index contributed by atoms with van der Waals surface area (Å²) in [4.78, 5) is 9.57. The topological polar surface area (TPSA) is 26.3 Å². The van der Waals surface area contributed by atoms with Crippen molar-refractivity contribution in [3.05, 3.63) is 0 Å².